The second kappa shape index (κ2) is 8.20. The van der Waals surface area contributed by atoms with Crippen molar-refractivity contribution in [2.24, 2.45) is 0 Å². The first-order valence-electron chi connectivity index (χ1n) is 10.3. The third-order valence-electron chi connectivity index (χ3n) is 6.20. The second-order valence-electron chi connectivity index (χ2n) is 8.34. The quantitative estimate of drug-likeness (QED) is 0.559. The zero-order valence-corrected chi connectivity index (χ0v) is 18.6. The van der Waals surface area contributed by atoms with E-state index in [1.54, 1.807) is 29.2 Å². The van der Waals surface area contributed by atoms with E-state index in [1.165, 1.54) is 0 Å². The molecule has 2 aliphatic heterocycles. The van der Waals surface area contributed by atoms with Crippen LogP contribution in [-0.2, 0) is 0 Å². The average Bonchev–Trinajstić information content (AvgIpc) is 3.03. The van der Waals surface area contributed by atoms with Crippen LogP contribution in [0.4, 0.5) is 19.0 Å². The number of fused-ring (bicyclic) bond motifs is 1. The van der Waals surface area contributed by atoms with Crippen LogP contribution in [-0.4, -0.2) is 38.8 Å². The number of rotatable bonds is 2. The Hall–Kier alpha value is -1.93. The molecule has 4 rings (SSSR count). The number of hydrogen-bond acceptors (Lipinski definition) is 3. The lowest BCUT2D eigenvalue weighted by atomic mass is 9.96. The second-order valence-corrected chi connectivity index (χ2v) is 9.15. The highest BCUT2D eigenvalue weighted by atomic mass is 35.5. The van der Waals surface area contributed by atoms with Crippen LogP contribution in [0, 0.1) is 0 Å². The molecule has 10 heteroatoms. The molecule has 2 aromatic rings. The number of carbonyl (C=O) groups is 1. The van der Waals surface area contributed by atoms with Gasteiger partial charge in [0.1, 0.15) is 10.8 Å². The van der Waals surface area contributed by atoms with Crippen LogP contribution >= 0.6 is 23.2 Å². The maximum atomic E-state index is 13.9. The fourth-order valence-electron chi connectivity index (χ4n) is 4.58. The molecule has 0 unspecified atom stereocenters. The summed E-state index contributed by atoms with van der Waals surface area (Å²) in [4.78, 5) is 14.9. The molecule has 5 nitrogen and oxygen atoms in total. The summed E-state index contributed by atoms with van der Waals surface area (Å²) in [5, 5.41) is 7.55. The minimum atomic E-state index is -4.55. The van der Waals surface area contributed by atoms with Gasteiger partial charge in [-0.25, -0.2) is 4.68 Å². The summed E-state index contributed by atoms with van der Waals surface area (Å²) in [6.45, 7) is 3.87. The first-order chi connectivity index (χ1) is 14.6. The molecule has 0 aliphatic carbocycles. The predicted octanol–water partition coefficient (Wildman–Crippen LogP) is 6.25. The maximum Gasteiger partial charge on any atom is 0.410 e. The third kappa shape index (κ3) is 4.12. The SMILES string of the molecule is C[C@H]1CCC[C@H](C)N1C(=O)c1nn2c(c1Cl)N[C@@H](c1ccc(Cl)cc1)C[C@H]2C(F)(F)F. The summed E-state index contributed by atoms with van der Waals surface area (Å²) in [5.41, 5.74) is 0.504. The molecule has 4 atom stereocenters. The molecule has 1 aromatic heterocycles. The van der Waals surface area contributed by atoms with E-state index in [9.17, 15) is 18.0 Å². The van der Waals surface area contributed by atoms with Gasteiger partial charge in [-0.2, -0.15) is 18.3 Å². The summed E-state index contributed by atoms with van der Waals surface area (Å²) in [6.07, 6.45) is -2.16. The molecule has 0 radical (unpaired) electrons. The lowest BCUT2D eigenvalue weighted by Crippen LogP contribution is -2.47. The predicted molar refractivity (Wildman–Crippen MR) is 114 cm³/mol. The van der Waals surface area contributed by atoms with E-state index in [2.05, 4.69) is 10.4 Å². The summed E-state index contributed by atoms with van der Waals surface area (Å²) < 4.78 is 42.7. The number of benzene rings is 1. The maximum absolute atomic E-state index is 13.9. The number of piperidine rings is 1. The summed E-state index contributed by atoms with van der Waals surface area (Å²) in [5.74, 6) is -0.423. The van der Waals surface area contributed by atoms with E-state index in [-0.39, 0.29) is 35.0 Å². The van der Waals surface area contributed by atoms with Crippen molar-refractivity contribution < 1.29 is 18.0 Å². The van der Waals surface area contributed by atoms with E-state index in [0.717, 1.165) is 23.9 Å². The Labute approximate surface area is 188 Å². The molecule has 0 spiro atoms. The van der Waals surface area contributed by atoms with E-state index in [4.69, 9.17) is 23.2 Å². The van der Waals surface area contributed by atoms with Crippen LogP contribution in [0.25, 0.3) is 0 Å². The molecule has 1 aromatic carbocycles. The molecular formula is C21H23Cl2F3N4O. The van der Waals surface area contributed by atoms with Gasteiger partial charge in [0.05, 0.1) is 6.04 Å². The molecule has 0 saturated carbocycles. The summed E-state index contributed by atoms with van der Waals surface area (Å²) >= 11 is 12.4. The zero-order valence-electron chi connectivity index (χ0n) is 17.1. The van der Waals surface area contributed by atoms with Gasteiger partial charge in [-0.05, 0) is 50.8 Å². The standard InChI is InChI=1S/C21H23Cl2F3N4O/c1-11-4-3-5-12(2)29(11)20(31)18-17(23)19-27-15(13-6-8-14(22)9-7-13)10-16(21(24,25)26)30(19)28-18/h6-9,11-12,15-16,27H,3-5,10H2,1-2H3/t11-,12-,15+,16-/m0/s1. The minimum absolute atomic E-state index is 0.0101. The number of alkyl halides is 3. The van der Waals surface area contributed by atoms with Crippen LogP contribution in [0.3, 0.4) is 0 Å². The van der Waals surface area contributed by atoms with Crippen molar-refractivity contribution >= 4 is 34.9 Å². The lowest BCUT2D eigenvalue weighted by Gasteiger charge is -2.38. The minimum Gasteiger partial charge on any atom is -0.362 e. The number of aromatic nitrogens is 2. The number of hydrogen-bond donors (Lipinski definition) is 1. The number of nitrogens with one attached hydrogen (secondary N) is 1. The molecule has 0 bridgehead atoms. The van der Waals surface area contributed by atoms with Crippen molar-refractivity contribution in [1.29, 1.82) is 0 Å². The highest BCUT2D eigenvalue weighted by molar-refractivity contribution is 6.36. The molecule has 1 saturated heterocycles. The van der Waals surface area contributed by atoms with Crippen molar-refractivity contribution in [1.82, 2.24) is 14.7 Å². The van der Waals surface area contributed by atoms with Gasteiger partial charge in [0.2, 0.25) is 0 Å². The number of amides is 1. The van der Waals surface area contributed by atoms with Crippen molar-refractivity contribution in [3.05, 3.63) is 45.6 Å². The van der Waals surface area contributed by atoms with Gasteiger partial charge >= 0.3 is 6.18 Å². The largest absolute Gasteiger partial charge is 0.410 e. The smallest absolute Gasteiger partial charge is 0.362 e. The fraction of sp³-hybridized carbons (Fsp3) is 0.524. The van der Waals surface area contributed by atoms with E-state index in [1.807, 2.05) is 13.8 Å². The normalized spacial score (nSPS) is 26.4. The fourth-order valence-corrected chi connectivity index (χ4v) is 4.97. The Morgan fingerprint density at radius 3 is 2.32 bits per heavy atom. The highest BCUT2D eigenvalue weighted by Crippen LogP contribution is 2.46. The van der Waals surface area contributed by atoms with Crippen molar-refractivity contribution in [3.8, 4) is 0 Å². The van der Waals surface area contributed by atoms with E-state index in [0.29, 0.717) is 10.6 Å². The number of halogens is 5. The third-order valence-corrected chi connectivity index (χ3v) is 6.81. The Morgan fingerprint density at radius 2 is 1.74 bits per heavy atom. The lowest BCUT2D eigenvalue weighted by molar-refractivity contribution is -0.173. The van der Waals surface area contributed by atoms with Crippen molar-refractivity contribution in [2.75, 3.05) is 5.32 Å². The highest BCUT2D eigenvalue weighted by Gasteiger charge is 2.48. The van der Waals surface area contributed by atoms with Crippen LogP contribution in [0.5, 0.6) is 0 Å². The average molecular weight is 475 g/mol. The molecule has 3 heterocycles. The Balaban J connectivity index is 1.74. The molecule has 31 heavy (non-hydrogen) atoms. The molecule has 168 valence electrons. The van der Waals surface area contributed by atoms with Gasteiger partial charge in [0, 0.05) is 23.5 Å². The monoisotopic (exact) mass is 474 g/mol. The first-order valence-corrected chi connectivity index (χ1v) is 11.0. The van der Waals surface area contributed by atoms with E-state index >= 15 is 0 Å². The number of likely N-dealkylation sites (tertiary alicyclic amines) is 1. The van der Waals surface area contributed by atoms with Gasteiger partial charge in [-0.3, -0.25) is 4.79 Å². The Kier molecular flexibility index (Phi) is 5.89. The molecule has 2 aliphatic rings. The molecule has 1 amide bonds. The Morgan fingerprint density at radius 1 is 1.13 bits per heavy atom. The zero-order chi connectivity index (χ0) is 22.5. The van der Waals surface area contributed by atoms with Gasteiger partial charge in [-0.1, -0.05) is 35.3 Å². The van der Waals surface area contributed by atoms with Crippen LogP contribution in [0.2, 0.25) is 10.0 Å². The number of carbonyl (C=O) groups excluding carboxylic acids is 1. The van der Waals surface area contributed by atoms with Gasteiger partial charge in [0.15, 0.2) is 11.7 Å². The molecular weight excluding hydrogens is 452 g/mol. The first kappa shape index (κ1) is 22.3. The van der Waals surface area contributed by atoms with Crippen LogP contribution in [0.1, 0.15) is 67.7 Å². The topological polar surface area (TPSA) is 50.2 Å². The Bertz CT molecular complexity index is 966. The molecule has 1 fully saturated rings. The van der Waals surface area contributed by atoms with Crippen molar-refractivity contribution in [3.63, 3.8) is 0 Å². The van der Waals surface area contributed by atoms with Gasteiger partial charge < -0.3 is 10.2 Å². The van der Waals surface area contributed by atoms with E-state index < -0.39 is 24.2 Å². The summed E-state index contributed by atoms with van der Waals surface area (Å²) in [7, 11) is 0. The van der Waals surface area contributed by atoms with Crippen molar-refractivity contribution in [2.45, 2.75) is 69.9 Å². The number of nitrogens with zero attached hydrogens (tertiary/aromatic N) is 3. The number of anilines is 1. The van der Waals surface area contributed by atoms with Crippen LogP contribution < -0.4 is 5.32 Å². The van der Waals surface area contributed by atoms with Gasteiger partial charge in [0.25, 0.3) is 5.91 Å². The molecule has 1 N–H and O–H groups in total. The van der Waals surface area contributed by atoms with Crippen LogP contribution in [0.15, 0.2) is 24.3 Å². The summed E-state index contributed by atoms with van der Waals surface area (Å²) in [6, 6.07) is 4.00. The van der Waals surface area contributed by atoms with Gasteiger partial charge in [-0.15, -0.1) is 0 Å².